The Labute approximate surface area is 127 Å². The van der Waals surface area contributed by atoms with Crippen LogP contribution >= 0.6 is 0 Å². The second-order valence-corrected chi connectivity index (χ2v) is 7.99. The van der Waals surface area contributed by atoms with Gasteiger partial charge in [-0.15, -0.1) is 0 Å². The number of hydrogen-bond donors (Lipinski definition) is 1. The van der Waals surface area contributed by atoms with Crippen LogP contribution < -0.4 is 5.32 Å². The molecular formula is C15H26N2O3S. The molecule has 1 aromatic heterocycles. The summed E-state index contributed by atoms with van der Waals surface area (Å²) in [5.74, 6) is 1.18. The van der Waals surface area contributed by atoms with Crippen LogP contribution in [0.5, 0.6) is 0 Å². The highest BCUT2D eigenvalue weighted by Gasteiger charge is 2.37. The molecule has 0 aliphatic carbocycles. The van der Waals surface area contributed by atoms with Crippen LogP contribution in [0.2, 0.25) is 0 Å². The molecule has 1 atom stereocenters. The maximum atomic E-state index is 13.0. The normalized spacial score (nSPS) is 20.6. The standard InChI is InChI=1S/C15H26N2O3S/c1-10(2)16-9-14-12(4)20-13(5)15(14)21(18,19)17-8-6-7-11(17)3/h10-11,16H,6-9H2,1-5H3. The molecule has 1 unspecified atom stereocenters. The van der Waals surface area contributed by atoms with E-state index in [0.29, 0.717) is 35.5 Å². The van der Waals surface area contributed by atoms with E-state index in [1.807, 2.05) is 27.7 Å². The first-order valence-electron chi connectivity index (χ1n) is 7.59. The zero-order valence-corrected chi connectivity index (χ0v) is 14.4. The first-order chi connectivity index (χ1) is 9.75. The number of rotatable bonds is 5. The molecule has 5 nitrogen and oxygen atoms in total. The Morgan fingerprint density at radius 2 is 2.00 bits per heavy atom. The van der Waals surface area contributed by atoms with Crippen LogP contribution in [-0.4, -0.2) is 31.4 Å². The van der Waals surface area contributed by atoms with E-state index in [-0.39, 0.29) is 6.04 Å². The molecule has 0 spiro atoms. The minimum absolute atomic E-state index is 0.0653. The van der Waals surface area contributed by atoms with Gasteiger partial charge in [0.15, 0.2) is 0 Å². The Morgan fingerprint density at radius 3 is 2.52 bits per heavy atom. The molecule has 0 aromatic carbocycles. The molecule has 6 heteroatoms. The predicted octanol–water partition coefficient (Wildman–Crippen LogP) is 2.57. The molecule has 1 aliphatic heterocycles. The van der Waals surface area contributed by atoms with Crippen LogP contribution in [0.25, 0.3) is 0 Å². The first kappa shape index (κ1) is 16.5. The van der Waals surface area contributed by atoms with Crippen molar-refractivity contribution in [1.29, 1.82) is 0 Å². The molecule has 1 saturated heterocycles. The molecule has 0 amide bonds. The van der Waals surface area contributed by atoms with Gasteiger partial charge in [-0.25, -0.2) is 8.42 Å². The third kappa shape index (κ3) is 3.17. The fourth-order valence-electron chi connectivity index (χ4n) is 2.94. The maximum absolute atomic E-state index is 13.0. The molecule has 1 aliphatic rings. The second-order valence-electron chi connectivity index (χ2n) is 6.16. The van der Waals surface area contributed by atoms with E-state index in [1.54, 1.807) is 11.2 Å². The zero-order chi connectivity index (χ0) is 15.8. The van der Waals surface area contributed by atoms with Crippen molar-refractivity contribution < 1.29 is 12.8 Å². The number of hydrogen-bond acceptors (Lipinski definition) is 4. The highest BCUT2D eigenvalue weighted by atomic mass is 32.2. The van der Waals surface area contributed by atoms with Crippen LogP contribution in [0, 0.1) is 13.8 Å². The van der Waals surface area contributed by atoms with Gasteiger partial charge in [0.05, 0.1) is 0 Å². The van der Waals surface area contributed by atoms with Crippen molar-refractivity contribution in [2.75, 3.05) is 6.54 Å². The van der Waals surface area contributed by atoms with Gasteiger partial charge in [-0.05, 0) is 33.6 Å². The van der Waals surface area contributed by atoms with Crippen molar-refractivity contribution in [1.82, 2.24) is 9.62 Å². The van der Waals surface area contributed by atoms with Gasteiger partial charge in [0.1, 0.15) is 16.4 Å². The van der Waals surface area contributed by atoms with Crippen molar-refractivity contribution in [2.24, 2.45) is 0 Å². The van der Waals surface area contributed by atoms with E-state index in [4.69, 9.17) is 4.42 Å². The van der Waals surface area contributed by atoms with E-state index in [2.05, 4.69) is 5.32 Å². The molecule has 0 saturated carbocycles. The lowest BCUT2D eigenvalue weighted by atomic mass is 10.2. The minimum Gasteiger partial charge on any atom is -0.465 e. The number of nitrogens with zero attached hydrogens (tertiary/aromatic N) is 1. The summed E-state index contributed by atoms with van der Waals surface area (Å²) in [4.78, 5) is 0.363. The quantitative estimate of drug-likeness (QED) is 0.907. The molecule has 2 rings (SSSR count). The first-order valence-corrected chi connectivity index (χ1v) is 9.03. The van der Waals surface area contributed by atoms with Crippen LogP contribution in [0.1, 0.15) is 50.7 Å². The third-order valence-corrected chi connectivity index (χ3v) is 6.28. The van der Waals surface area contributed by atoms with E-state index in [1.165, 1.54) is 0 Å². The lowest BCUT2D eigenvalue weighted by Gasteiger charge is -2.21. The highest BCUT2D eigenvalue weighted by molar-refractivity contribution is 7.89. The summed E-state index contributed by atoms with van der Waals surface area (Å²) >= 11 is 0. The number of aryl methyl sites for hydroxylation is 2. The summed E-state index contributed by atoms with van der Waals surface area (Å²) in [5, 5.41) is 3.29. The van der Waals surface area contributed by atoms with Crippen molar-refractivity contribution >= 4 is 10.0 Å². The Morgan fingerprint density at radius 1 is 1.33 bits per heavy atom. The number of nitrogens with one attached hydrogen (secondary N) is 1. The lowest BCUT2D eigenvalue weighted by molar-refractivity contribution is 0.405. The summed E-state index contributed by atoms with van der Waals surface area (Å²) in [7, 11) is -3.48. The summed E-state index contributed by atoms with van der Waals surface area (Å²) in [5.41, 5.74) is 0.764. The summed E-state index contributed by atoms with van der Waals surface area (Å²) < 4.78 is 33.2. The smallest absolute Gasteiger partial charge is 0.247 e. The van der Waals surface area contributed by atoms with Gasteiger partial charge in [-0.3, -0.25) is 0 Å². The highest BCUT2D eigenvalue weighted by Crippen LogP contribution is 2.32. The van der Waals surface area contributed by atoms with Crippen molar-refractivity contribution in [2.45, 2.75) is 71.0 Å². The molecule has 0 bridgehead atoms. The molecule has 21 heavy (non-hydrogen) atoms. The van der Waals surface area contributed by atoms with E-state index < -0.39 is 10.0 Å². The largest absolute Gasteiger partial charge is 0.465 e. The summed E-state index contributed by atoms with van der Waals surface area (Å²) in [6, 6.07) is 0.358. The van der Waals surface area contributed by atoms with Gasteiger partial charge in [0.25, 0.3) is 0 Å². The molecule has 1 fully saturated rings. The fraction of sp³-hybridized carbons (Fsp3) is 0.733. The van der Waals surface area contributed by atoms with Crippen LogP contribution in [0.4, 0.5) is 0 Å². The predicted molar refractivity (Wildman–Crippen MR) is 82.7 cm³/mol. The summed E-state index contributed by atoms with van der Waals surface area (Å²) in [6.07, 6.45) is 1.85. The molecule has 1 aromatic rings. The van der Waals surface area contributed by atoms with Crippen molar-refractivity contribution in [3.05, 3.63) is 17.1 Å². The van der Waals surface area contributed by atoms with Crippen molar-refractivity contribution in [3.63, 3.8) is 0 Å². The fourth-order valence-corrected chi connectivity index (χ4v) is 5.05. The third-order valence-electron chi connectivity index (χ3n) is 4.07. The maximum Gasteiger partial charge on any atom is 0.247 e. The number of sulfonamides is 1. The van der Waals surface area contributed by atoms with E-state index >= 15 is 0 Å². The van der Waals surface area contributed by atoms with Gasteiger partial charge < -0.3 is 9.73 Å². The SMILES string of the molecule is Cc1oc(C)c(S(=O)(=O)N2CCCC2C)c1CNC(C)C. The zero-order valence-electron chi connectivity index (χ0n) is 13.6. The van der Waals surface area contributed by atoms with Crippen LogP contribution in [0.3, 0.4) is 0 Å². The van der Waals surface area contributed by atoms with Gasteiger partial charge in [-0.1, -0.05) is 13.8 Å². The molecule has 0 radical (unpaired) electrons. The van der Waals surface area contributed by atoms with Crippen LogP contribution in [0.15, 0.2) is 9.31 Å². The number of furan rings is 1. The van der Waals surface area contributed by atoms with Gasteiger partial charge in [0.2, 0.25) is 10.0 Å². The monoisotopic (exact) mass is 314 g/mol. The van der Waals surface area contributed by atoms with Crippen LogP contribution in [-0.2, 0) is 16.6 Å². The molecule has 2 heterocycles. The average molecular weight is 314 g/mol. The Hall–Kier alpha value is -0.850. The minimum atomic E-state index is -3.48. The van der Waals surface area contributed by atoms with E-state index in [0.717, 1.165) is 18.4 Å². The molecular weight excluding hydrogens is 288 g/mol. The molecule has 120 valence electrons. The lowest BCUT2D eigenvalue weighted by Crippen LogP contribution is -2.35. The summed E-state index contributed by atoms with van der Waals surface area (Å²) in [6.45, 7) is 10.7. The Bertz CT molecular complexity index is 605. The second kappa shape index (κ2) is 6.10. The van der Waals surface area contributed by atoms with Crippen molar-refractivity contribution in [3.8, 4) is 0 Å². The Kier molecular flexibility index (Phi) is 4.80. The Balaban J connectivity index is 2.42. The van der Waals surface area contributed by atoms with Gasteiger partial charge in [-0.2, -0.15) is 4.31 Å². The van der Waals surface area contributed by atoms with Gasteiger partial charge in [0, 0.05) is 30.7 Å². The topological polar surface area (TPSA) is 62.6 Å². The van der Waals surface area contributed by atoms with Gasteiger partial charge >= 0.3 is 0 Å². The molecule has 1 N–H and O–H groups in total. The van der Waals surface area contributed by atoms with E-state index in [9.17, 15) is 8.42 Å². The average Bonchev–Trinajstić information content (AvgIpc) is 2.90.